The van der Waals surface area contributed by atoms with Crippen molar-refractivity contribution in [1.29, 1.82) is 0 Å². The topological polar surface area (TPSA) is 83.0 Å². The second-order valence-corrected chi connectivity index (χ2v) is 4.28. The summed E-state index contributed by atoms with van der Waals surface area (Å²) in [6.07, 6.45) is -0.944. The molecule has 112 valence electrons. The molecule has 2 rings (SSSR count). The lowest BCUT2D eigenvalue weighted by Crippen LogP contribution is -2.18. The number of carbonyl (C=O) groups is 1. The molecule has 2 heterocycles. The van der Waals surface area contributed by atoms with E-state index in [-0.39, 0.29) is 23.7 Å². The van der Waals surface area contributed by atoms with Gasteiger partial charge in [-0.3, -0.25) is 9.48 Å². The summed E-state index contributed by atoms with van der Waals surface area (Å²) >= 11 is 0. The molecular weight excluding hydrogens is 289 g/mol. The van der Waals surface area contributed by atoms with E-state index in [1.54, 1.807) is 0 Å². The number of alkyl halides is 3. The fraction of sp³-hybridized carbons (Fsp3) is 0.250. The summed E-state index contributed by atoms with van der Waals surface area (Å²) in [6, 6.07) is 0.977. The van der Waals surface area contributed by atoms with Crippen molar-refractivity contribution >= 4 is 11.6 Å². The molecule has 6 nitrogen and oxygen atoms in total. The van der Waals surface area contributed by atoms with Gasteiger partial charge in [0.2, 0.25) is 0 Å². The van der Waals surface area contributed by atoms with Gasteiger partial charge >= 0.3 is 6.36 Å². The first-order chi connectivity index (χ1) is 9.74. The molecule has 0 aliphatic rings. The van der Waals surface area contributed by atoms with Crippen molar-refractivity contribution in [3.8, 4) is 16.9 Å². The zero-order valence-corrected chi connectivity index (χ0v) is 10.9. The number of anilines is 1. The molecule has 0 aliphatic heterocycles. The predicted molar refractivity (Wildman–Crippen MR) is 67.2 cm³/mol. The monoisotopic (exact) mass is 300 g/mol. The van der Waals surface area contributed by atoms with Crippen LogP contribution >= 0.6 is 0 Å². The fourth-order valence-electron chi connectivity index (χ4n) is 1.70. The second-order valence-electron chi connectivity index (χ2n) is 4.28. The van der Waals surface area contributed by atoms with E-state index in [0.717, 1.165) is 12.3 Å². The highest BCUT2D eigenvalue weighted by atomic mass is 19.4. The predicted octanol–water partition coefficient (Wildman–Crippen LogP) is 2.01. The van der Waals surface area contributed by atoms with Gasteiger partial charge < -0.3 is 10.5 Å². The first-order valence-electron chi connectivity index (χ1n) is 5.78. The smallest absolute Gasteiger partial charge is 0.405 e. The molecule has 21 heavy (non-hydrogen) atoms. The van der Waals surface area contributed by atoms with Crippen LogP contribution in [0.4, 0.5) is 19.0 Å². The number of rotatable bonds is 4. The van der Waals surface area contributed by atoms with Crippen LogP contribution in [0.3, 0.4) is 0 Å². The lowest BCUT2D eigenvalue weighted by atomic mass is 10.1. The van der Waals surface area contributed by atoms with Crippen LogP contribution in [0.5, 0.6) is 5.75 Å². The first-order valence-corrected chi connectivity index (χ1v) is 5.78. The van der Waals surface area contributed by atoms with Crippen molar-refractivity contribution < 1.29 is 22.7 Å². The minimum absolute atomic E-state index is 0.0257. The maximum Gasteiger partial charge on any atom is 0.573 e. The number of hydrogen-bond donors (Lipinski definition) is 1. The molecule has 0 fully saturated rings. The highest BCUT2D eigenvalue weighted by Crippen LogP contribution is 2.34. The standard InChI is InChI=1S/C12H11F3N4O2/c1-7(20)5-19-6-8(3-18-19)9-4-17-11(16)2-10(9)21-12(13,14)15/h2-4,6H,5H2,1H3,(H2,16,17). The molecular formula is C12H11F3N4O2. The third-order valence-electron chi connectivity index (χ3n) is 2.44. The van der Waals surface area contributed by atoms with Crippen LogP contribution < -0.4 is 10.5 Å². The number of Topliss-reactive ketones (excluding diaryl/α,β-unsaturated/α-hetero) is 1. The molecule has 2 N–H and O–H groups in total. The normalized spacial score (nSPS) is 11.4. The van der Waals surface area contributed by atoms with Gasteiger partial charge in [-0.15, -0.1) is 13.2 Å². The van der Waals surface area contributed by atoms with Gasteiger partial charge in [0.15, 0.2) is 5.78 Å². The molecule has 0 aliphatic carbocycles. The average molecular weight is 300 g/mol. The van der Waals surface area contributed by atoms with E-state index >= 15 is 0 Å². The largest absolute Gasteiger partial charge is 0.573 e. The van der Waals surface area contributed by atoms with Gasteiger partial charge in [-0.05, 0) is 6.92 Å². The fourth-order valence-corrected chi connectivity index (χ4v) is 1.70. The lowest BCUT2D eigenvalue weighted by Gasteiger charge is -2.12. The Morgan fingerprint density at radius 1 is 1.43 bits per heavy atom. The number of ketones is 1. The van der Waals surface area contributed by atoms with Gasteiger partial charge in [0.05, 0.1) is 12.7 Å². The maximum atomic E-state index is 12.4. The van der Waals surface area contributed by atoms with Crippen molar-refractivity contribution in [2.45, 2.75) is 19.8 Å². The van der Waals surface area contributed by atoms with Crippen LogP contribution in [-0.4, -0.2) is 26.9 Å². The summed E-state index contributed by atoms with van der Waals surface area (Å²) in [6.45, 7) is 1.40. The number of nitrogens with two attached hydrogens (primary N) is 1. The zero-order chi connectivity index (χ0) is 15.6. The molecule has 0 spiro atoms. The molecule has 0 saturated heterocycles. The average Bonchev–Trinajstić information content (AvgIpc) is 2.74. The molecule has 0 saturated carbocycles. The van der Waals surface area contributed by atoms with Crippen LogP contribution in [0.1, 0.15) is 6.92 Å². The molecule has 0 aromatic carbocycles. The van der Waals surface area contributed by atoms with Gasteiger partial charge in [0.1, 0.15) is 11.6 Å². The second kappa shape index (κ2) is 5.43. The quantitative estimate of drug-likeness (QED) is 0.934. The van der Waals surface area contributed by atoms with Gasteiger partial charge in [-0.1, -0.05) is 0 Å². The van der Waals surface area contributed by atoms with E-state index in [2.05, 4.69) is 14.8 Å². The van der Waals surface area contributed by atoms with Crippen molar-refractivity contribution in [2.24, 2.45) is 0 Å². The molecule has 0 unspecified atom stereocenters. The first kappa shape index (κ1) is 14.8. The Bertz CT molecular complexity index is 667. The number of carbonyl (C=O) groups excluding carboxylic acids is 1. The van der Waals surface area contributed by atoms with Crippen molar-refractivity contribution in [2.75, 3.05) is 5.73 Å². The molecule has 9 heteroatoms. The molecule has 0 amide bonds. The minimum Gasteiger partial charge on any atom is -0.405 e. The SMILES string of the molecule is CC(=O)Cn1cc(-c2cnc(N)cc2OC(F)(F)F)cn1. The van der Waals surface area contributed by atoms with Gasteiger partial charge in [0, 0.05) is 29.6 Å². The van der Waals surface area contributed by atoms with Crippen molar-refractivity contribution in [1.82, 2.24) is 14.8 Å². The summed E-state index contributed by atoms with van der Waals surface area (Å²) in [4.78, 5) is 14.7. The lowest BCUT2D eigenvalue weighted by molar-refractivity contribution is -0.274. The number of halogens is 3. The minimum atomic E-state index is -4.85. The Kier molecular flexibility index (Phi) is 3.83. The summed E-state index contributed by atoms with van der Waals surface area (Å²) in [7, 11) is 0. The van der Waals surface area contributed by atoms with Crippen LogP contribution in [-0.2, 0) is 11.3 Å². The number of nitrogen functional groups attached to an aromatic ring is 1. The van der Waals surface area contributed by atoms with Crippen LogP contribution in [0.25, 0.3) is 11.1 Å². The Morgan fingerprint density at radius 2 is 2.14 bits per heavy atom. The van der Waals surface area contributed by atoms with Crippen LogP contribution in [0.15, 0.2) is 24.7 Å². The maximum absolute atomic E-state index is 12.4. The Hall–Kier alpha value is -2.58. The summed E-state index contributed by atoms with van der Waals surface area (Å²) < 4.78 is 42.4. The summed E-state index contributed by atoms with van der Waals surface area (Å²) in [5, 5.41) is 3.89. The van der Waals surface area contributed by atoms with E-state index in [9.17, 15) is 18.0 Å². The van der Waals surface area contributed by atoms with Crippen LogP contribution in [0, 0.1) is 0 Å². The van der Waals surface area contributed by atoms with Crippen molar-refractivity contribution in [3.05, 3.63) is 24.7 Å². The Balaban J connectivity index is 2.38. The van der Waals surface area contributed by atoms with E-state index in [1.165, 1.54) is 24.0 Å². The zero-order valence-electron chi connectivity index (χ0n) is 10.9. The molecule has 0 radical (unpaired) electrons. The highest BCUT2D eigenvalue weighted by Gasteiger charge is 2.32. The van der Waals surface area contributed by atoms with E-state index in [0.29, 0.717) is 5.56 Å². The number of ether oxygens (including phenoxy) is 1. The van der Waals surface area contributed by atoms with E-state index in [4.69, 9.17) is 5.73 Å². The number of pyridine rings is 1. The molecule has 0 bridgehead atoms. The summed E-state index contributed by atoms with van der Waals surface area (Å²) in [5.74, 6) is -0.710. The van der Waals surface area contributed by atoms with E-state index < -0.39 is 12.1 Å². The van der Waals surface area contributed by atoms with Gasteiger partial charge in [0.25, 0.3) is 0 Å². The number of hydrogen-bond acceptors (Lipinski definition) is 5. The molecule has 0 atom stereocenters. The van der Waals surface area contributed by atoms with Crippen molar-refractivity contribution in [3.63, 3.8) is 0 Å². The van der Waals surface area contributed by atoms with E-state index in [1.807, 2.05) is 0 Å². The number of aromatic nitrogens is 3. The third kappa shape index (κ3) is 3.94. The Morgan fingerprint density at radius 3 is 2.76 bits per heavy atom. The van der Waals surface area contributed by atoms with Gasteiger partial charge in [-0.25, -0.2) is 4.98 Å². The Labute approximate surface area is 117 Å². The highest BCUT2D eigenvalue weighted by molar-refractivity contribution is 5.75. The molecule has 2 aromatic rings. The third-order valence-corrected chi connectivity index (χ3v) is 2.44. The summed E-state index contributed by atoms with van der Waals surface area (Å²) in [5.41, 5.74) is 5.79. The van der Waals surface area contributed by atoms with Gasteiger partial charge in [-0.2, -0.15) is 5.10 Å². The van der Waals surface area contributed by atoms with Crippen LogP contribution in [0.2, 0.25) is 0 Å². The molecule has 2 aromatic heterocycles. The number of nitrogens with zero attached hydrogens (tertiary/aromatic N) is 3.